The average Bonchev–Trinajstić information content (AvgIpc) is 3.39. The SMILES string of the molecule is CC/C=C\C/C=C\C/C=C\C/C=C\C/C=C\CCCCCC(=O)OC[C@H](COC(=O)CCCCC/C=C\C/C=C\C/C=C\C/C=C\CCCCC)OC(=O)CCCCCCCCCCCCCCCCCCC. The molecule has 6 heteroatoms. The third-order valence-corrected chi connectivity index (χ3v) is 12.8. The molecule has 0 unspecified atom stereocenters. The Morgan fingerprint density at radius 1 is 0.288 bits per heavy atom. The fourth-order valence-corrected chi connectivity index (χ4v) is 8.22. The van der Waals surface area contributed by atoms with Crippen LogP contribution in [0.25, 0.3) is 0 Å². The minimum absolute atomic E-state index is 0.105. The molecule has 0 aromatic carbocycles. The molecule has 416 valence electrons. The van der Waals surface area contributed by atoms with E-state index < -0.39 is 6.10 Å². The van der Waals surface area contributed by atoms with Gasteiger partial charge in [0, 0.05) is 19.3 Å². The third-order valence-electron chi connectivity index (χ3n) is 12.8. The maximum Gasteiger partial charge on any atom is 0.306 e. The number of allylic oxidation sites excluding steroid dienone is 18. The molecule has 0 rings (SSSR count). The topological polar surface area (TPSA) is 78.9 Å². The van der Waals surface area contributed by atoms with Gasteiger partial charge >= 0.3 is 17.9 Å². The minimum atomic E-state index is -0.806. The van der Waals surface area contributed by atoms with Gasteiger partial charge in [0.25, 0.3) is 0 Å². The van der Waals surface area contributed by atoms with Crippen LogP contribution in [-0.4, -0.2) is 37.2 Å². The summed E-state index contributed by atoms with van der Waals surface area (Å²) < 4.78 is 16.9. The summed E-state index contributed by atoms with van der Waals surface area (Å²) in [6, 6.07) is 0. The molecule has 0 aromatic heterocycles. The van der Waals surface area contributed by atoms with Crippen LogP contribution >= 0.6 is 0 Å². The Balaban J connectivity index is 4.50. The van der Waals surface area contributed by atoms with E-state index in [1.54, 1.807) is 0 Å². The van der Waals surface area contributed by atoms with Gasteiger partial charge in [-0.2, -0.15) is 0 Å². The predicted molar refractivity (Wildman–Crippen MR) is 316 cm³/mol. The number of esters is 3. The Hall–Kier alpha value is -3.93. The summed E-state index contributed by atoms with van der Waals surface area (Å²) in [4.78, 5) is 38.3. The van der Waals surface area contributed by atoms with Crippen LogP contribution in [-0.2, 0) is 28.6 Å². The van der Waals surface area contributed by atoms with Crippen LogP contribution < -0.4 is 0 Å². The Labute approximate surface area is 450 Å². The molecule has 0 heterocycles. The van der Waals surface area contributed by atoms with Crippen LogP contribution in [0.1, 0.15) is 278 Å². The predicted octanol–water partition coefficient (Wildman–Crippen LogP) is 20.7. The van der Waals surface area contributed by atoms with Crippen molar-refractivity contribution in [2.24, 2.45) is 0 Å². The van der Waals surface area contributed by atoms with Gasteiger partial charge in [-0.15, -0.1) is 0 Å². The summed E-state index contributed by atoms with van der Waals surface area (Å²) in [5.74, 6) is -0.958. The molecular weight excluding hydrogens is 901 g/mol. The Morgan fingerprint density at radius 2 is 0.534 bits per heavy atom. The van der Waals surface area contributed by atoms with Gasteiger partial charge in [0.05, 0.1) is 0 Å². The third kappa shape index (κ3) is 58.8. The first-order valence-electron chi connectivity index (χ1n) is 30.4. The van der Waals surface area contributed by atoms with Crippen molar-refractivity contribution in [3.8, 4) is 0 Å². The molecule has 0 fully saturated rings. The zero-order valence-corrected chi connectivity index (χ0v) is 47.6. The number of carbonyl (C=O) groups is 3. The summed E-state index contributed by atoms with van der Waals surface area (Å²) in [5, 5.41) is 0. The van der Waals surface area contributed by atoms with Crippen molar-refractivity contribution in [2.75, 3.05) is 13.2 Å². The van der Waals surface area contributed by atoms with Gasteiger partial charge in [-0.1, -0.05) is 259 Å². The van der Waals surface area contributed by atoms with Crippen LogP contribution in [0.4, 0.5) is 0 Å². The van der Waals surface area contributed by atoms with E-state index in [1.165, 1.54) is 116 Å². The van der Waals surface area contributed by atoms with Crippen molar-refractivity contribution < 1.29 is 28.6 Å². The van der Waals surface area contributed by atoms with Crippen molar-refractivity contribution in [1.82, 2.24) is 0 Å². The number of rotatable bonds is 54. The molecular formula is C67H112O6. The second-order valence-corrected chi connectivity index (χ2v) is 19.9. The molecule has 0 bridgehead atoms. The fraction of sp³-hybridized carbons (Fsp3) is 0.687. The highest BCUT2D eigenvalue weighted by Gasteiger charge is 2.19. The summed E-state index contributed by atoms with van der Waals surface area (Å²) in [6.07, 6.45) is 82.2. The lowest BCUT2D eigenvalue weighted by atomic mass is 10.0. The van der Waals surface area contributed by atoms with Crippen LogP contribution in [0.2, 0.25) is 0 Å². The number of carbonyl (C=O) groups excluding carboxylic acids is 3. The average molecular weight is 1010 g/mol. The van der Waals surface area contributed by atoms with E-state index in [1.807, 2.05) is 0 Å². The first-order chi connectivity index (χ1) is 36.0. The lowest BCUT2D eigenvalue weighted by Gasteiger charge is -2.18. The van der Waals surface area contributed by atoms with Crippen LogP contribution in [0.15, 0.2) is 109 Å². The Bertz CT molecular complexity index is 1490. The van der Waals surface area contributed by atoms with Crippen molar-refractivity contribution in [2.45, 2.75) is 284 Å². The highest BCUT2D eigenvalue weighted by Crippen LogP contribution is 2.16. The standard InChI is InChI=1S/C67H112O6/c1-4-7-10-13-16-19-22-25-28-31-33-36-38-41-44-47-50-53-56-59-65(68)71-62-64(73-67(70)61-58-55-52-49-46-43-40-35-30-27-24-21-18-15-12-9-6-3)63-72-66(69)60-57-54-51-48-45-42-39-37-34-32-29-26-23-20-17-14-11-8-5-2/h7,10,16-17,19-20,25-26,28-29,33-34,36-37,41-42,44-45,64H,4-6,8-9,11-15,18,21-24,27,30-32,35,38-40,43,46-63H2,1-3H3/b10-7-,19-16-,20-17-,28-25-,29-26-,36-33-,37-34-,44-41-,45-42-/t64-/m1/s1. The van der Waals surface area contributed by atoms with Gasteiger partial charge in [0.1, 0.15) is 13.2 Å². The molecule has 6 nitrogen and oxygen atoms in total. The highest BCUT2D eigenvalue weighted by atomic mass is 16.6. The summed E-state index contributed by atoms with van der Waals surface area (Å²) in [6.45, 7) is 6.46. The van der Waals surface area contributed by atoms with Crippen molar-refractivity contribution in [3.63, 3.8) is 0 Å². The first-order valence-corrected chi connectivity index (χ1v) is 30.4. The molecule has 1 atom stereocenters. The molecule has 0 radical (unpaired) electrons. The second kappa shape index (κ2) is 60.6. The van der Waals surface area contributed by atoms with Gasteiger partial charge in [0.2, 0.25) is 0 Å². The molecule has 73 heavy (non-hydrogen) atoms. The highest BCUT2D eigenvalue weighted by molar-refractivity contribution is 5.71. The van der Waals surface area contributed by atoms with Gasteiger partial charge in [-0.3, -0.25) is 14.4 Å². The maximum absolute atomic E-state index is 12.9. The van der Waals surface area contributed by atoms with Gasteiger partial charge in [-0.05, 0) is 109 Å². The quantitative estimate of drug-likeness (QED) is 0.0261. The van der Waals surface area contributed by atoms with Crippen molar-refractivity contribution in [3.05, 3.63) is 109 Å². The summed E-state index contributed by atoms with van der Waals surface area (Å²) >= 11 is 0. The lowest BCUT2D eigenvalue weighted by Crippen LogP contribution is -2.30. The van der Waals surface area contributed by atoms with E-state index in [9.17, 15) is 14.4 Å². The van der Waals surface area contributed by atoms with Crippen molar-refractivity contribution in [1.29, 1.82) is 0 Å². The van der Waals surface area contributed by atoms with Crippen LogP contribution in [0.5, 0.6) is 0 Å². The van der Waals surface area contributed by atoms with Gasteiger partial charge < -0.3 is 14.2 Å². The number of hydrogen-bond acceptors (Lipinski definition) is 6. The van der Waals surface area contributed by atoms with E-state index in [0.717, 1.165) is 122 Å². The first kappa shape index (κ1) is 69.1. The summed E-state index contributed by atoms with van der Waals surface area (Å²) in [5.41, 5.74) is 0. The molecule has 0 aromatic rings. The maximum atomic E-state index is 12.9. The van der Waals surface area contributed by atoms with E-state index in [2.05, 4.69) is 130 Å². The number of ether oxygens (including phenoxy) is 3. The number of hydrogen-bond donors (Lipinski definition) is 0. The lowest BCUT2D eigenvalue weighted by molar-refractivity contribution is -0.167. The van der Waals surface area contributed by atoms with Gasteiger partial charge in [0.15, 0.2) is 6.10 Å². The number of unbranched alkanes of at least 4 members (excludes halogenated alkanes) is 25. The molecule has 0 saturated carbocycles. The molecule has 0 aliphatic carbocycles. The molecule has 0 N–H and O–H groups in total. The molecule has 0 amide bonds. The normalized spacial score (nSPS) is 12.9. The van der Waals surface area contributed by atoms with E-state index >= 15 is 0 Å². The molecule has 0 spiro atoms. The molecule has 0 aliphatic heterocycles. The van der Waals surface area contributed by atoms with E-state index in [4.69, 9.17) is 14.2 Å². The Kier molecular flexibility index (Phi) is 57.4. The zero-order valence-electron chi connectivity index (χ0n) is 47.6. The zero-order chi connectivity index (χ0) is 52.9. The van der Waals surface area contributed by atoms with Crippen LogP contribution in [0.3, 0.4) is 0 Å². The van der Waals surface area contributed by atoms with Crippen molar-refractivity contribution >= 4 is 17.9 Å². The monoisotopic (exact) mass is 1010 g/mol. The molecule has 0 aliphatic rings. The van der Waals surface area contributed by atoms with Crippen LogP contribution in [0, 0.1) is 0 Å². The summed E-state index contributed by atoms with van der Waals surface area (Å²) in [7, 11) is 0. The smallest absolute Gasteiger partial charge is 0.306 e. The van der Waals surface area contributed by atoms with E-state index in [0.29, 0.717) is 19.3 Å². The Morgan fingerprint density at radius 3 is 0.863 bits per heavy atom. The fourth-order valence-electron chi connectivity index (χ4n) is 8.22. The van der Waals surface area contributed by atoms with E-state index in [-0.39, 0.29) is 31.1 Å². The molecule has 0 saturated heterocycles. The largest absolute Gasteiger partial charge is 0.462 e. The van der Waals surface area contributed by atoms with Gasteiger partial charge in [-0.25, -0.2) is 0 Å². The second-order valence-electron chi connectivity index (χ2n) is 19.9. The minimum Gasteiger partial charge on any atom is -0.462 e.